The quantitative estimate of drug-likeness (QED) is 0.754. The van der Waals surface area contributed by atoms with Crippen LogP contribution in [0.2, 0.25) is 0 Å². The van der Waals surface area contributed by atoms with E-state index >= 15 is 0 Å². The van der Waals surface area contributed by atoms with E-state index in [0.717, 1.165) is 12.1 Å². The van der Waals surface area contributed by atoms with E-state index in [1.54, 1.807) is 6.92 Å². The Kier molecular flexibility index (Phi) is 6.27. The molecule has 146 valence electrons. The van der Waals surface area contributed by atoms with E-state index < -0.39 is 27.7 Å². The molecular formula is C18H18F3NO4S. The lowest BCUT2D eigenvalue weighted by Gasteiger charge is -2.11. The molecular weight excluding hydrogens is 383 g/mol. The molecule has 0 aliphatic rings. The fourth-order valence-corrected chi connectivity index (χ4v) is 3.47. The van der Waals surface area contributed by atoms with E-state index in [0.29, 0.717) is 11.1 Å². The average molecular weight is 401 g/mol. The molecule has 0 saturated heterocycles. The monoisotopic (exact) mass is 401 g/mol. The summed E-state index contributed by atoms with van der Waals surface area (Å²) in [5.41, 5.74) is 0.249. The van der Waals surface area contributed by atoms with Crippen molar-refractivity contribution in [2.75, 3.05) is 13.7 Å². The number of aryl methyl sites for hydroxylation is 1. The third-order valence-corrected chi connectivity index (χ3v) is 5.34. The van der Waals surface area contributed by atoms with Crippen LogP contribution >= 0.6 is 0 Å². The molecule has 0 saturated carbocycles. The van der Waals surface area contributed by atoms with Gasteiger partial charge in [0.15, 0.2) is 0 Å². The number of methoxy groups -OCH3 is 1. The topological polar surface area (TPSA) is 72.5 Å². The van der Waals surface area contributed by atoms with E-state index in [1.165, 1.54) is 37.4 Å². The van der Waals surface area contributed by atoms with Crippen LogP contribution in [0.1, 0.15) is 27.0 Å². The third-order valence-electron chi connectivity index (χ3n) is 3.88. The molecule has 1 N–H and O–H groups in total. The highest BCUT2D eigenvalue weighted by molar-refractivity contribution is 7.89. The van der Waals surface area contributed by atoms with Crippen LogP contribution in [0.4, 0.5) is 13.2 Å². The van der Waals surface area contributed by atoms with E-state index in [-0.39, 0.29) is 23.4 Å². The van der Waals surface area contributed by atoms with Gasteiger partial charge in [-0.1, -0.05) is 24.3 Å². The standard InChI is InChI=1S/C18H18F3NO4S/c1-12-6-7-15(11-16(12)17(23)26-2)27(24,25)22-9-8-13-4-3-5-14(10-13)18(19,20)21/h3-7,10-11,22H,8-9H2,1-2H3. The number of esters is 1. The molecule has 0 aliphatic carbocycles. The Morgan fingerprint density at radius 1 is 1.15 bits per heavy atom. The van der Waals surface area contributed by atoms with Gasteiger partial charge in [0.25, 0.3) is 0 Å². The van der Waals surface area contributed by atoms with Gasteiger partial charge in [-0.15, -0.1) is 0 Å². The summed E-state index contributed by atoms with van der Waals surface area (Å²) in [7, 11) is -2.74. The number of halogens is 3. The number of hydrogen-bond donors (Lipinski definition) is 1. The predicted octanol–water partition coefficient (Wildman–Crippen LogP) is 3.32. The minimum absolute atomic E-state index is 0.0822. The summed E-state index contributed by atoms with van der Waals surface area (Å²) in [6, 6.07) is 8.72. The number of rotatable bonds is 6. The van der Waals surface area contributed by atoms with Crippen molar-refractivity contribution in [3.63, 3.8) is 0 Å². The fraction of sp³-hybridized carbons (Fsp3) is 0.278. The summed E-state index contributed by atoms with van der Waals surface area (Å²) in [6.07, 6.45) is -4.37. The molecule has 0 atom stereocenters. The number of carbonyl (C=O) groups excluding carboxylic acids is 1. The molecule has 0 unspecified atom stereocenters. The first-order valence-corrected chi connectivity index (χ1v) is 9.37. The summed E-state index contributed by atoms with van der Waals surface area (Å²) < 4.78 is 69.8. The molecule has 2 rings (SSSR count). The van der Waals surface area contributed by atoms with Crippen molar-refractivity contribution in [1.29, 1.82) is 0 Å². The van der Waals surface area contributed by atoms with Gasteiger partial charge in [0.2, 0.25) is 10.0 Å². The van der Waals surface area contributed by atoms with Crippen molar-refractivity contribution in [3.8, 4) is 0 Å². The minimum Gasteiger partial charge on any atom is -0.465 e. The number of carbonyl (C=O) groups is 1. The van der Waals surface area contributed by atoms with Crippen molar-refractivity contribution in [2.45, 2.75) is 24.4 Å². The molecule has 9 heteroatoms. The Morgan fingerprint density at radius 3 is 2.48 bits per heavy atom. The van der Waals surface area contributed by atoms with Gasteiger partial charge in [0.1, 0.15) is 0 Å². The van der Waals surface area contributed by atoms with Crippen molar-refractivity contribution in [1.82, 2.24) is 4.72 Å². The smallest absolute Gasteiger partial charge is 0.416 e. The maximum atomic E-state index is 12.7. The lowest BCUT2D eigenvalue weighted by molar-refractivity contribution is -0.137. The molecule has 0 spiro atoms. The van der Waals surface area contributed by atoms with Crippen molar-refractivity contribution < 1.29 is 31.1 Å². The zero-order chi connectivity index (χ0) is 20.2. The molecule has 0 radical (unpaired) electrons. The van der Waals surface area contributed by atoms with Gasteiger partial charge in [-0.05, 0) is 42.7 Å². The first kappa shape index (κ1) is 20.9. The average Bonchev–Trinajstić information content (AvgIpc) is 2.60. The van der Waals surface area contributed by atoms with Crippen LogP contribution in [-0.4, -0.2) is 28.0 Å². The SMILES string of the molecule is COC(=O)c1cc(S(=O)(=O)NCCc2cccc(C(F)(F)F)c2)ccc1C. The molecule has 5 nitrogen and oxygen atoms in total. The Labute approximate surface area is 155 Å². The van der Waals surface area contributed by atoms with E-state index in [2.05, 4.69) is 9.46 Å². The second kappa shape index (κ2) is 8.10. The van der Waals surface area contributed by atoms with Crippen LogP contribution in [0.5, 0.6) is 0 Å². The summed E-state index contributed by atoms with van der Waals surface area (Å²) >= 11 is 0. The largest absolute Gasteiger partial charge is 0.465 e. The molecule has 0 amide bonds. The second-order valence-electron chi connectivity index (χ2n) is 5.81. The van der Waals surface area contributed by atoms with E-state index in [1.807, 2.05) is 0 Å². The number of hydrogen-bond acceptors (Lipinski definition) is 4. The molecule has 0 heterocycles. The van der Waals surface area contributed by atoms with Crippen LogP contribution in [-0.2, 0) is 27.4 Å². The zero-order valence-electron chi connectivity index (χ0n) is 14.6. The van der Waals surface area contributed by atoms with Crippen LogP contribution in [0.25, 0.3) is 0 Å². The van der Waals surface area contributed by atoms with Crippen LogP contribution in [0.3, 0.4) is 0 Å². The molecule has 0 fully saturated rings. The van der Waals surface area contributed by atoms with Gasteiger partial charge < -0.3 is 4.74 Å². The Morgan fingerprint density at radius 2 is 1.85 bits per heavy atom. The lowest BCUT2D eigenvalue weighted by Crippen LogP contribution is -2.26. The lowest BCUT2D eigenvalue weighted by atomic mass is 10.1. The van der Waals surface area contributed by atoms with Crippen molar-refractivity contribution >= 4 is 16.0 Å². The fourth-order valence-electron chi connectivity index (χ4n) is 2.41. The Balaban J connectivity index is 2.11. The highest BCUT2D eigenvalue weighted by Crippen LogP contribution is 2.29. The normalized spacial score (nSPS) is 12.0. The van der Waals surface area contributed by atoms with Gasteiger partial charge in [-0.25, -0.2) is 17.9 Å². The first-order valence-electron chi connectivity index (χ1n) is 7.89. The number of benzene rings is 2. The number of nitrogens with one attached hydrogen (secondary N) is 1. The highest BCUT2D eigenvalue weighted by atomic mass is 32.2. The van der Waals surface area contributed by atoms with Gasteiger partial charge >= 0.3 is 12.1 Å². The minimum atomic E-state index is -4.46. The number of alkyl halides is 3. The highest BCUT2D eigenvalue weighted by Gasteiger charge is 2.30. The summed E-state index contributed by atoms with van der Waals surface area (Å²) in [4.78, 5) is 11.6. The van der Waals surface area contributed by atoms with E-state index in [4.69, 9.17) is 0 Å². The van der Waals surface area contributed by atoms with Crippen molar-refractivity contribution in [2.24, 2.45) is 0 Å². The summed E-state index contributed by atoms with van der Waals surface area (Å²) in [6.45, 7) is 1.55. The molecule has 0 aromatic heterocycles. The van der Waals surface area contributed by atoms with Crippen molar-refractivity contribution in [3.05, 3.63) is 64.7 Å². The van der Waals surface area contributed by atoms with Gasteiger partial charge in [-0.3, -0.25) is 0 Å². The molecule has 2 aromatic rings. The van der Waals surface area contributed by atoms with Crippen LogP contribution < -0.4 is 4.72 Å². The molecule has 0 aliphatic heterocycles. The van der Waals surface area contributed by atoms with E-state index in [9.17, 15) is 26.4 Å². The maximum Gasteiger partial charge on any atom is 0.416 e. The maximum absolute atomic E-state index is 12.7. The second-order valence-corrected chi connectivity index (χ2v) is 7.58. The van der Waals surface area contributed by atoms with Crippen LogP contribution in [0, 0.1) is 6.92 Å². The van der Waals surface area contributed by atoms with Gasteiger partial charge in [0.05, 0.1) is 23.1 Å². The third kappa shape index (κ3) is 5.30. The number of ether oxygens (including phenoxy) is 1. The first-order chi connectivity index (χ1) is 12.5. The molecule has 0 bridgehead atoms. The number of sulfonamides is 1. The Hall–Kier alpha value is -2.39. The van der Waals surface area contributed by atoms with Gasteiger partial charge in [-0.2, -0.15) is 13.2 Å². The predicted molar refractivity (Wildman–Crippen MR) is 92.9 cm³/mol. The Bertz CT molecular complexity index is 940. The van der Waals surface area contributed by atoms with Gasteiger partial charge in [0, 0.05) is 6.54 Å². The summed E-state index contributed by atoms with van der Waals surface area (Å²) in [5, 5.41) is 0. The zero-order valence-corrected chi connectivity index (χ0v) is 15.4. The summed E-state index contributed by atoms with van der Waals surface area (Å²) in [5.74, 6) is -0.659. The molecule has 27 heavy (non-hydrogen) atoms. The molecule has 2 aromatic carbocycles. The van der Waals surface area contributed by atoms with Crippen LogP contribution in [0.15, 0.2) is 47.4 Å².